The number of benzene rings is 10. The Balaban J connectivity index is 1.01. The first-order valence-corrected chi connectivity index (χ1v) is 24.2. The molecule has 0 bridgehead atoms. The topological polar surface area (TPSA) is 50.1 Å². The van der Waals surface area contributed by atoms with Gasteiger partial charge in [0.15, 0.2) is 17.5 Å². The summed E-state index contributed by atoms with van der Waals surface area (Å²) in [6, 6.07) is 90.1. The fourth-order valence-corrected chi connectivity index (χ4v) is 10.8. The third-order valence-corrected chi connectivity index (χ3v) is 14.1. The molecule has 3 aromatic heterocycles. The smallest absolute Gasteiger partial charge is 0.164 e. The minimum atomic E-state index is 0.638. The highest BCUT2D eigenvalue weighted by Gasteiger charge is 2.21. The van der Waals surface area contributed by atoms with E-state index in [-0.39, 0.29) is 0 Å². The summed E-state index contributed by atoms with van der Waals surface area (Å²) < 4.78 is 4.85. The van der Waals surface area contributed by atoms with E-state index in [9.17, 15) is 0 Å². The van der Waals surface area contributed by atoms with Gasteiger partial charge in [0.2, 0.25) is 0 Å². The standard InChI is InChI=1S/C63H42N6S/c1-7-19-43(20-8-1)61-64-62(44-21-9-2-10-22-44)66-63(65-61)45-31-37-59-55(39-45)56-42-52(34-38-60(56)70-59)69-57-35-32-50(67(46-23-11-3-12-24-46)47-25-13-4-14-26-47)40-53(57)54-41-51(33-36-58(54)69)68(48-27-15-5-16-28-48)49-29-17-6-18-30-49/h1-42H. The quantitative estimate of drug-likeness (QED) is 0.137. The molecule has 0 spiro atoms. The van der Waals surface area contributed by atoms with E-state index in [4.69, 9.17) is 15.0 Å². The lowest BCUT2D eigenvalue weighted by atomic mass is 10.1. The normalized spacial score (nSPS) is 11.4. The lowest BCUT2D eigenvalue weighted by Crippen LogP contribution is -2.09. The summed E-state index contributed by atoms with van der Waals surface area (Å²) in [6.07, 6.45) is 0. The van der Waals surface area contributed by atoms with Gasteiger partial charge in [0, 0.05) is 87.4 Å². The molecule has 0 aliphatic rings. The van der Waals surface area contributed by atoms with Crippen LogP contribution in [0.4, 0.5) is 34.1 Å². The Bertz CT molecular complexity index is 3710. The molecule has 13 aromatic rings. The second-order valence-electron chi connectivity index (χ2n) is 17.3. The van der Waals surface area contributed by atoms with Crippen molar-refractivity contribution in [2.45, 2.75) is 0 Å². The molecule has 0 aliphatic heterocycles. The van der Waals surface area contributed by atoms with E-state index >= 15 is 0 Å². The molecule has 0 aliphatic carbocycles. The van der Waals surface area contributed by atoms with E-state index in [1.165, 1.54) is 14.8 Å². The van der Waals surface area contributed by atoms with E-state index in [2.05, 4.69) is 208 Å². The zero-order valence-corrected chi connectivity index (χ0v) is 38.7. The Morgan fingerprint density at radius 3 is 1.09 bits per heavy atom. The van der Waals surface area contributed by atoms with Gasteiger partial charge in [-0.3, -0.25) is 0 Å². The first-order valence-electron chi connectivity index (χ1n) is 23.4. The largest absolute Gasteiger partial charge is 0.310 e. The van der Waals surface area contributed by atoms with Crippen LogP contribution in [0.15, 0.2) is 255 Å². The van der Waals surface area contributed by atoms with Crippen LogP contribution in [0.25, 0.3) is 81.8 Å². The van der Waals surface area contributed by atoms with E-state index in [1.807, 2.05) is 72.0 Å². The first kappa shape index (κ1) is 41.1. The van der Waals surface area contributed by atoms with Crippen LogP contribution < -0.4 is 9.80 Å². The van der Waals surface area contributed by atoms with E-state index < -0.39 is 0 Å². The van der Waals surface area contributed by atoms with E-state index in [0.717, 1.165) is 83.7 Å². The number of hydrogen-bond donors (Lipinski definition) is 0. The first-order chi connectivity index (χ1) is 34.7. The highest BCUT2D eigenvalue weighted by Crippen LogP contribution is 2.44. The highest BCUT2D eigenvalue weighted by molar-refractivity contribution is 7.25. The van der Waals surface area contributed by atoms with Gasteiger partial charge in [-0.2, -0.15) is 0 Å². The third-order valence-electron chi connectivity index (χ3n) is 13.0. The minimum absolute atomic E-state index is 0.638. The molecule has 0 saturated heterocycles. The van der Waals surface area contributed by atoms with Gasteiger partial charge in [0.25, 0.3) is 0 Å². The van der Waals surface area contributed by atoms with Crippen molar-refractivity contribution in [3.8, 4) is 39.9 Å². The SMILES string of the molecule is c1ccc(-c2nc(-c3ccccc3)nc(-c3ccc4sc5ccc(-n6c7ccc(N(c8ccccc8)c8ccccc8)cc7c7cc(N(c8ccccc8)c8ccccc8)ccc76)cc5c4c3)n2)cc1. The van der Waals surface area contributed by atoms with Crippen LogP contribution in [-0.4, -0.2) is 19.5 Å². The van der Waals surface area contributed by atoms with E-state index in [1.54, 1.807) is 0 Å². The molecule has 3 heterocycles. The number of aromatic nitrogens is 4. The fourth-order valence-electron chi connectivity index (χ4n) is 9.74. The number of fused-ring (bicyclic) bond motifs is 6. The molecule has 70 heavy (non-hydrogen) atoms. The lowest BCUT2D eigenvalue weighted by Gasteiger charge is -2.26. The Kier molecular flexibility index (Phi) is 10.3. The molecule has 0 fully saturated rings. The van der Waals surface area contributed by atoms with Gasteiger partial charge in [-0.15, -0.1) is 11.3 Å². The summed E-state index contributed by atoms with van der Waals surface area (Å²) in [5, 5.41) is 4.66. The second-order valence-corrected chi connectivity index (χ2v) is 18.4. The maximum absolute atomic E-state index is 5.08. The number of rotatable bonds is 10. The Morgan fingerprint density at radius 2 is 0.657 bits per heavy atom. The average molecular weight is 915 g/mol. The number of hydrogen-bond acceptors (Lipinski definition) is 6. The molecular formula is C63H42N6S. The maximum atomic E-state index is 5.08. The summed E-state index contributed by atoms with van der Waals surface area (Å²) >= 11 is 1.81. The van der Waals surface area contributed by atoms with Crippen molar-refractivity contribution in [3.63, 3.8) is 0 Å². The molecule has 0 unspecified atom stereocenters. The fraction of sp³-hybridized carbons (Fsp3) is 0. The van der Waals surface area contributed by atoms with E-state index in [0.29, 0.717) is 17.5 Å². The maximum Gasteiger partial charge on any atom is 0.164 e. The molecule has 7 heteroatoms. The van der Waals surface area contributed by atoms with Crippen LogP contribution in [-0.2, 0) is 0 Å². The van der Waals surface area contributed by atoms with Crippen molar-refractivity contribution in [1.82, 2.24) is 19.5 Å². The monoisotopic (exact) mass is 914 g/mol. The molecule has 0 saturated carbocycles. The zero-order valence-electron chi connectivity index (χ0n) is 37.8. The Hall–Kier alpha value is -9.17. The predicted molar refractivity (Wildman–Crippen MR) is 293 cm³/mol. The van der Waals surface area contributed by atoms with Gasteiger partial charge in [-0.05, 0) is 121 Å². The zero-order chi connectivity index (χ0) is 46.4. The van der Waals surface area contributed by atoms with Crippen molar-refractivity contribution in [3.05, 3.63) is 255 Å². The molecule has 0 amide bonds. The van der Waals surface area contributed by atoms with Crippen molar-refractivity contribution >= 4 is 87.4 Å². The Morgan fingerprint density at radius 1 is 0.286 bits per heavy atom. The molecule has 10 aromatic carbocycles. The van der Waals surface area contributed by atoms with Crippen LogP contribution in [0.3, 0.4) is 0 Å². The van der Waals surface area contributed by atoms with Crippen molar-refractivity contribution < 1.29 is 0 Å². The molecule has 13 rings (SSSR count). The van der Waals surface area contributed by atoms with Gasteiger partial charge in [-0.1, -0.05) is 133 Å². The molecule has 6 nitrogen and oxygen atoms in total. The highest BCUT2D eigenvalue weighted by atomic mass is 32.1. The molecule has 0 N–H and O–H groups in total. The summed E-state index contributed by atoms with van der Waals surface area (Å²) in [5.41, 5.74) is 12.7. The van der Waals surface area contributed by atoms with Crippen LogP contribution in [0.2, 0.25) is 0 Å². The molecular weight excluding hydrogens is 873 g/mol. The van der Waals surface area contributed by atoms with Crippen LogP contribution >= 0.6 is 11.3 Å². The van der Waals surface area contributed by atoms with Crippen LogP contribution in [0, 0.1) is 0 Å². The van der Waals surface area contributed by atoms with Gasteiger partial charge >= 0.3 is 0 Å². The summed E-state index contributed by atoms with van der Waals surface area (Å²) in [6.45, 7) is 0. The van der Waals surface area contributed by atoms with Crippen LogP contribution in [0.1, 0.15) is 0 Å². The number of para-hydroxylation sites is 4. The van der Waals surface area contributed by atoms with Gasteiger partial charge < -0.3 is 14.4 Å². The average Bonchev–Trinajstić information content (AvgIpc) is 3.97. The Labute approximate surface area is 409 Å². The number of thiophene rings is 1. The summed E-state index contributed by atoms with van der Waals surface area (Å²) in [7, 11) is 0. The second kappa shape index (κ2) is 17.5. The predicted octanol–water partition coefficient (Wildman–Crippen LogP) is 17.3. The summed E-state index contributed by atoms with van der Waals surface area (Å²) in [5.74, 6) is 1.93. The van der Waals surface area contributed by atoms with Crippen LogP contribution in [0.5, 0.6) is 0 Å². The number of nitrogens with zero attached hydrogens (tertiary/aromatic N) is 6. The van der Waals surface area contributed by atoms with Crippen molar-refractivity contribution in [2.24, 2.45) is 0 Å². The van der Waals surface area contributed by atoms with Gasteiger partial charge in [0.1, 0.15) is 0 Å². The van der Waals surface area contributed by atoms with Gasteiger partial charge in [-0.25, -0.2) is 15.0 Å². The minimum Gasteiger partial charge on any atom is -0.310 e. The third kappa shape index (κ3) is 7.42. The lowest BCUT2D eigenvalue weighted by molar-refractivity contribution is 1.07. The summed E-state index contributed by atoms with van der Waals surface area (Å²) in [4.78, 5) is 19.8. The van der Waals surface area contributed by atoms with Gasteiger partial charge in [0.05, 0.1) is 11.0 Å². The van der Waals surface area contributed by atoms with Crippen molar-refractivity contribution in [2.75, 3.05) is 9.80 Å². The molecule has 0 atom stereocenters. The number of anilines is 6. The van der Waals surface area contributed by atoms with Crippen molar-refractivity contribution in [1.29, 1.82) is 0 Å². The molecule has 0 radical (unpaired) electrons. The molecule has 330 valence electrons.